The minimum Gasteiger partial charge on any atom is -0.459 e. The number of nitrogens with zero attached hydrogens (tertiary/aromatic N) is 1. The molecule has 0 fully saturated rings. The van der Waals surface area contributed by atoms with Crippen molar-refractivity contribution >= 4 is 5.97 Å². The molecule has 90 valence electrons. The van der Waals surface area contributed by atoms with E-state index in [2.05, 4.69) is 0 Å². The molecule has 4 nitrogen and oxygen atoms in total. The Kier molecular flexibility index (Phi) is 5.83. The number of methoxy groups -OCH3 is 1. The molecule has 0 aromatic rings. The van der Waals surface area contributed by atoms with E-state index in [1.54, 1.807) is 7.11 Å². The van der Waals surface area contributed by atoms with Crippen molar-refractivity contribution in [3.8, 4) is 0 Å². The average Bonchev–Trinajstić information content (AvgIpc) is 2.10. The zero-order valence-corrected chi connectivity index (χ0v) is 10.7. The number of rotatable bonds is 5. The van der Waals surface area contributed by atoms with Crippen LogP contribution in [0.1, 0.15) is 27.7 Å². The second-order valence-corrected chi connectivity index (χ2v) is 4.68. The van der Waals surface area contributed by atoms with E-state index in [4.69, 9.17) is 9.47 Å². The van der Waals surface area contributed by atoms with Crippen molar-refractivity contribution in [2.24, 2.45) is 0 Å². The second-order valence-electron chi connectivity index (χ2n) is 4.68. The van der Waals surface area contributed by atoms with Crippen molar-refractivity contribution in [3.63, 3.8) is 0 Å². The Morgan fingerprint density at radius 1 is 1.40 bits per heavy atom. The molecular weight excluding hydrogens is 194 g/mol. The van der Waals surface area contributed by atoms with E-state index in [1.807, 2.05) is 39.6 Å². The molecule has 1 unspecified atom stereocenters. The third-order valence-electron chi connectivity index (χ3n) is 2.06. The van der Waals surface area contributed by atoms with Crippen LogP contribution in [-0.4, -0.2) is 49.8 Å². The van der Waals surface area contributed by atoms with Crippen molar-refractivity contribution in [1.29, 1.82) is 0 Å². The molecule has 0 aromatic heterocycles. The van der Waals surface area contributed by atoms with Crippen LogP contribution < -0.4 is 0 Å². The Balaban J connectivity index is 4.08. The zero-order valence-electron chi connectivity index (χ0n) is 10.7. The summed E-state index contributed by atoms with van der Waals surface area (Å²) in [6.07, 6.45) is 0. The molecule has 0 rings (SSSR count). The third-order valence-corrected chi connectivity index (χ3v) is 2.06. The number of carbonyl (C=O) groups is 1. The molecule has 0 aromatic carbocycles. The van der Waals surface area contributed by atoms with E-state index >= 15 is 0 Å². The van der Waals surface area contributed by atoms with Crippen molar-refractivity contribution in [1.82, 2.24) is 4.90 Å². The lowest BCUT2D eigenvalue weighted by atomic mass is 10.2. The van der Waals surface area contributed by atoms with Gasteiger partial charge in [0.15, 0.2) is 0 Å². The second kappa shape index (κ2) is 6.08. The van der Waals surface area contributed by atoms with Crippen LogP contribution in [0.15, 0.2) is 0 Å². The van der Waals surface area contributed by atoms with Gasteiger partial charge in [0, 0.05) is 13.7 Å². The van der Waals surface area contributed by atoms with Gasteiger partial charge in [0.1, 0.15) is 11.6 Å². The van der Waals surface area contributed by atoms with E-state index < -0.39 is 5.60 Å². The summed E-state index contributed by atoms with van der Waals surface area (Å²) in [5.74, 6) is -0.193. The summed E-state index contributed by atoms with van der Waals surface area (Å²) in [4.78, 5) is 13.6. The van der Waals surface area contributed by atoms with Gasteiger partial charge in [0.25, 0.3) is 0 Å². The normalized spacial score (nSPS) is 14.1. The molecule has 4 heteroatoms. The average molecular weight is 217 g/mol. The molecule has 0 amide bonds. The highest BCUT2D eigenvalue weighted by molar-refractivity contribution is 5.75. The Labute approximate surface area is 92.5 Å². The topological polar surface area (TPSA) is 38.8 Å². The van der Waals surface area contributed by atoms with E-state index in [0.717, 1.165) is 6.54 Å². The highest BCUT2D eigenvalue weighted by atomic mass is 16.6. The fourth-order valence-corrected chi connectivity index (χ4v) is 0.996. The minimum absolute atomic E-state index is 0.193. The number of carbonyl (C=O) groups excluding carboxylic acids is 1. The first-order chi connectivity index (χ1) is 6.78. The molecule has 0 bridgehead atoms. The number of hydrogen-bond acceptors (Lipinski definition) is 4. The van der Waals surface area contributed by atoms with E-state index in [0.29, 0.717) is 6.61 Å². The molecule has 0 aliphatic carbocycles. The highest BCUT2D eigenvalue weighted by Crippen LogP contribution is 2.10. The number of likely N-dealkylation sites (N-methyl/N-ethyl adjacent to an activating group) is 1. The highest BCUT2D eigenvalue weighted by Gasteiger charge is 2.24. The van der Waals surface area contributed by atoms with Gasteiger partial charge in [-0.15, -0.1) is 0 Å². The van der Waals surface area contributed by atoms with E-state index in [-0.39, 0.29) is 12.0 Å². The van der Waals surface area contributed by atoms with Crippen molar-refractivity contribution in [2.75, 3.05) is 27.3 Å². The van der Waals surface area contributed by atoms with Gasteiger partial charge in [-0.05, 0) is 34.7 Å². The Morgan fingerprint density at radius 3 is 2.33 bits per heavy atom. The Morgan fingerprint density at radius 2 is 1.93 bits per heavy atom. The van der Waals surface area contributed by atoms with E-state index in [1.165, 1.54) is 0 Å². The summed E-state index contributed by atoms with van der Waals surface area (Å²) in [5, 5.41) is 0. The van der Waals surface area contributed by atoms with Gasteiger partial charge in [-0.1, -0.05) is 0 Å². The van der Waals surface area contributed by atoms with Crippen LogP contribution in [0.3, 0.4) is 0 Å². The SMILES string of the molecule is COCCN(C)C(C)C(=O)OC(C)(C)C. The van der Waals surface area contributed by atoms with Gasteiger partial charge in [0.05, 0.1) is 6.61 Å². The predicted octanol–water partition coefficient (Wildman–Crippen LogP) is 1.29. The summed E-state index contributed by atoms with van der Waals surface area (Å²) in [6, 6.07) is -0.237. The predicted molar refractivity (Wildman–Crippen MR) is 59.8 cm³/mol. The molecule has 0 aliphatic heterocycles. The first-order valence-corrected chi connectivity index (χ1v) is 5.20. The molecule has 0 saturated carbocycles. The van der Waals surface area contributed by atoms with Gasteiger partial charge in [-0.2, -0.15) is 0 Å². The number of esters is 1. The molecule has 0 aliphatic rings. The maximum atomic E-state index is 11.7. The van der Waals surface area contributed by atoms with E-state index in [9.17, 15) is 4.79 Å². The third kappa shape index (κ3) is 6.47. The molecule has 1 atom stereocenters. The first kappa shape index (κ1) is 14.4. The number of ether oxygens (including phenoxy) is 2. The fraction of sp³-hybridized carbons (Fsp3) is 0.909. The van der Waals surface area contributed by atoms with Gasteiger partial charge in [-0.3, -0.25) is 9.69 Å². The fourth-order valence-electron chi connectivity index (χ4n) is 0.996. The maximum absolute atomic E-state index is 11.7. The summed E-state index contributed by atoms with van der Waals surface area (Å²) in [6.45, 7) is 8.77. The monoisotopic (exact) mass is 217 g/mol. The van der Waals surface area contributed by atoms with Crippen LogP contribution in [0.25, 0.3) is 0 Å². The lowest BCUT2D eigenvalue weighted by Gasteiger charge is -2.27. The van der Waals surface area contributed by atoms with Crippen molar-refractivity contribution in [3.05, 3.63) is 0 Å². The summed E-state index contributed by atoms with van der Waals surface area (Å²) in [7, 11) is 3.53. The van der Waals surface area contributed by atoms with Crippen molar-refractivity contribution in [2.45, 2.75) is 39.3 Å². The van der Waals surface area contributed by atoms with Crippen molar-refractivity contribution < 1.29 is 14.3 Å². The molecule has 15 heavy (non-hydrogen) atoms. The number of hydrogen-bond donors (Lipinski definition) is 0. The lowest BCUT2D eigenvalue weighted by Crippen LogP contribution is -2.41. The molecule has 0 heterocycles. The smallest absolute Gasteiger partial charge is 0.323 e. The molecule has 0 N–H and O–H groups in total. The summed E-state index contributed by atoms with van der Waals surface area (Å²) < 4.78 is 10.2. The molecule has 0 radical (unpaired) electrons. The Bertz CT molecular complexity index is 198. The quantitative estimate of drug-likeness (QED) is 0.651. The van der Waals surface area contributed by atoms with Gasteiger partial charge >= 0.3 is 5.97 Å². The largest absolute Gasteiger partial charge is 0.459 e. The zero-order chi connectivity index (χ0) is 12.1. The lowest BCUT2D eigenvalue weighted by molar-refractivity contribution is -0.160. The van der Waals surface area contributed by atoms with Crippen LogP contribution in [0, 0.1) is 0 Å². The summed E-state index contributed by atoms with van der Waals surface area (Å²) >= 11 is 0. The molecule has 0 spiro atoms. The minimum atomic E-state index is -0.423. The van der Waals surface area contributed by atoms with Crippen LogP contribution >= 0.6 is 0 Å². The summed E-state index contributed by atoms with van der Waals surface area (Å²) in [5.41, 5.74) is -0.423. The van der Waals surface area contributed by atoms with Crippen LogP contribution in [0.2, 0.25) is 0 Å². The van der Waals surface area contributed by atoms with Gasteiger partial charge < -0.3 is 9.47 Å². The van der Waals surface area contributed by atoms with Crippen LogP contribution in [-0.2, 0) is 14.3 Å². The van der Waals surface area contributed by atoms with Crippen LogP contribution in [0.5, 0.6) is 0 Å². The molecule has 0 saturated heterocycles. The maximum Gasteiger partial charge on any atom is 0.323 e. The standard InChI is InChI=1S/C11H23NO3/c1-9(12(5)7-8-14-6)10(13)15-11(2,3)4/h9H,7-8H2,1-6H3. The Hall–Kier alpha value is -0.610. The first-order valence-electron chi connectivity index (χ1n) is 5.20. The van der Waals surface area contributed by atoms with Gasteiger partial charge in [-0.25, -0.2) is 0 Å². The van der Waals surface area contributed by atoms with Gasteiger partial charge in [0.2, 0.25) is 0 Å². The molecular formula is C11H23NO3. The van der Waals surface area contributed by atoms with Crippen LogP contribution in [0.4, 0.5) is 0 Å².